The standard InChI is InChI=1S/C11H11N3O/c12-7-9-3-4-13-11(6-9)14-5-1-2-10(15)8-14/h3-4,6H,1-2,5,8H2. The summed E-state index contributed by atoms with van der Waals surface area (Å²) in [7, 11) is 0. The van der Waals surface area contributed by atoms with Gasteiger partial charge in [-0.2, -0.15) is 5.26 Å². The average molecular weight is 201 g/mol. The highest BCUT2D eigenvalue weighted by Gasteiger charge is 2.17. The van der Waals surface area contributed by atoms with Crippen molar-refractivity contribution in [3.05, 3.63) is 23.9 Å². The van der Waals surface area contributed by atoms with Crippen LogP contribution in [0.4, 0.5) is 5.82 Å². The van der Waals surface area contributed by atoms with Gasteiger partial charge >= 0.3 is 0 Å². The molecule has 1 aliphatic heterocycles. The van der Waals surface area contributed by atoms with Gasteiger partial charge in [-0.1, -0.05) is 0 Å². The molecule has 15 heavy (non-hydrogen) atoms. The highest BCUT2D eigenvalue weighted by atomic mass is 16.1. The molecule has 4 heteroatoms. The molecule has 0 N–H and O–H groups in total. The summed E-state index contributed by atoms with van der Waals surface area (Å²) in [4.78, 5) is 17.4. The molecule has 76 valence electrons. The second-order valence-corrected chi connectivity index (χ2v) is 3.58. The van der Waals surface area contributed by atoms with Crippen LogP contribution in [0.15, 0.2) is 18.3 Å². The van der Waals surface area contributed by atoms with Crippen LogP contribution in [0, 0.1) is 11.3 Å². The molecule has 0 saturated carbocycles. The van der Waals surface area contributed by atoms with E-state index in [1.54, 1.807) is 18.3 Å². The van der Waals surface area contributed by atoms with Gasteiger partial charge in [-0.15, -0.1) is 0 Å². The van der Waals surface area contributed by atoms with E-state index in [1.165, 1.54) is 0 Å². The van der Waals surface area contributed by atoms with Crippen molar-refractivity contribution in [1.29, 1.82) is 5.26 Å². The number of Topliss-reactive ketones (excluding diaryl/α,β-unsaturated/α-hetero) is 1. The topological polar surface area (TPSA) is 57.0 Å². The van der Waals surface area contributed by atoms with Gasteiger partial charge in [0.15, 0.2) is 5.78 Å². The van der Waals surface area contributed by atoms with Gasteiger partial charge in [0.05, 0.1) is 18.2 Å². The zero-order valence-corrected chi connectivity index (χ0v) is 8.31. The summed E-state index contributed by atoms with van der Waals surface area (Å²) in [5.74, 6) is 0.965. The van der Waals surface area contributed by atoms with Crippen molar-refractivity contribution in [1.82, 2.24) is 4.98 Å². The van der Waals surface area contributed by atoms with Crippen molar-refractivity contribution in [2.75, 3.05) is 18.0 Å². The van der Waals surface area contributed by atoms with Crippen molar-refractivity contribution in [2.24, 2.45) is 0 Å². The summed E-state index contributed by atoms with van der Waals surface area (Å²) in [6.45, 7) is 1.26. The van der Waals surface area contributed by atoms with Crippen LogP contribution in [-0.4, -0.2) is 23.9 Å². The largest absolute Gasteiger partial charge is 0.349 e. The Labute approximate surface area is 88.1 Å². The Balaban J connectivity index is 2.21. The molecule has 0 atom stereocenters. The van der Waals surface area contributed by atoms with E-state index in [2.05, 4.69) is 11.1 Å². The first-order valence-corrected chi connectivity index (χ1v) is 4.92. The first-order valence-electron chi connectivity index (χ1n) is 4.92. The lowest BCUT2D eigenvalue weighted by Crippen LogP contribution is -2.36. The number of pyridine rings is 1. The lowest BCUT2D eigenvalue weighted by molar-refractivity contribution is -0.118. The average Bonchev–Trinajstić information content (AvgIpc) is 2.29. The third-order valence-electron chi connectivity index (χ3n) is 2.45. The number of carbonyl (C=O) groups is 1. The van der Waals surface area contributed by atoms with Gasteiger partial charge < -0.3 is 4.90 Å². The van der Waals surface area contributed by atoms with E-state index < -0.39 is 0 Å². The Bertz CT molecular complexity index is 422. The van der Waals surface area contributed by atoms with Crippen LogP contribution < -0.4 is 4.90 Å². The Hall–Kier alpha value is -1.89. The summed E-state index contributed by atoms with van der Waals surface area (Å²) in [5.41, 5.74) is 0.582. The second kappa shape index (κ2) is 4.09. The van der Waals surface area contributed by atoms with Crippen molar-refractivity contribution < 1.29 is 4.79 Å². The zero-order chi connectivity index (χ0) is 10.7. The van der Waals surface area contributed by atoms with Crippen molar-refractivity contribution in [3.63, 3.8) is 0 Å². The Morgan fingerprint density at radius 3 is 3.13 bits per heavy atom. The number of hydrogen-bond acceptors (Lipinski definition) is 4. The number of piperidine rings is 1. The number of hydrogen-bond donors (Lipinski definition) is 0. The molecular weight excluding hydrogens is 190 g/mol. The normalized spacial score (nSPS) is 16.2. The lowest BCUT2D eigenvalue weighted by atomic mass is 10.1. The van der Waals surface area contributed by atoms with E-state index in [1.807, 2.05) is 4.90 Å². The first-order chi connectivity index (χ1) is 7.29. The molecule has 2 heterocycles. The van der Waals surface area contributed by atoms with Gasteiger partial charge in [0.2, 0.25) is 0 Å². The van der Waals surface area contributed by atoms with Crippen LogP contribution in [0.25, 0.3) is 0 Å². The molecule has 0 bridgehead atoms. The quantitative estimate of drug-likeness (QED) is 0.683. The van der Waals surface area contributed by atoms with E-state index >= 15 is 0 Å². The molecule has 0 unspecified atom stereocenters. The maximum Gasteiger partial charge on any atom is 0.152 e. The molecule has 1 aromatic rings. The number of carbonyl (C=O) groups excluding carboxylic acids is 1. The van der Waals surface area contributed by atoms with Crippen LogP contribution in [0.1, 0.15) is 18.4 Å². The number of rotatable bonds is 1. The lowest BCUT2D eigenvalue weighted by Gasteiger charge is -2.26. The van der Waals surface area contributed by atoms with E-state index in [0.717, 1.165) is 18.8 Å². The Morgan fingerprint density at radius 2 is 2.40 bits per heavy atom. The van der Waals surface area contributed by atoms with Crippen molar-refractivity contribution >= 4 is 11.6 Å². The molecule has 0 radical (unpaired) electrons. The summed E-state index contributed by atoms with van der Waals surface area (Å²) in [6, 6.07) is 5.45. The van der Waals surface area contributed by atoms with Gasteiger partial charge in [0.25, 0.3) is 0 Å². The predicted octanol–water partition coefficient (Wildman–Crippen LogP) is 1.12. The fraction of sp³-hybridized carbons (Fsp3) is 0.364. The number of aromatic nitrogens is 1. The highest BCUT2D eigenvalue weighted by molar-refractivity contribution is 5.84. The number of nitrogens with zero attached hydrogens (tertiary/aromatic N) is 3. The van der Waals surface area contributed by atoms with Crippen LogP contribution in [0.5, 0.6) is 0 Å². The molecular formula is C11H11N3O. The zero-order valence-electron chi connectivity index (χ0n) is 8.31. The van der Waals surface area contributed by atoms with Gasteiger partial charge in [0, 0.05) is 19.2 Å². The van der Waals surface area contributed by atoms with E-state index in [9.17, 15) is 4.79 Å². The van der Waals surface area contributed by atoms with Crippen LogP contribution in [0.2, 0.25) is 0 Å². The SMILES string of the molecule is N#Cc1ccnc(N2CCCC(=O)C2)c1. The molecule has 0 aromatic carbocycles. The third kappa shape index (κ3) is 2.13. The van der Waals surface area contributed by atoms with Gasteiger partial charge in [-0.3, -0.25) is 4.79 Å². The highest BCUT2D eigenvalue weighted by Crippen LogP contribution is 2.16. The summed E-state index contributed by atoms with van der Waals surface area (Å²) >= 11 is 0. The molecule has 4 nitrogen and oxygen atoms in total. The van der Waals surface area contributed by atoms with Crippen molar-refractivity contribution in [3.8, 4) is 6.07 Å². The molecule has 1 aromatic heterocycles. The smallest absolute Gasteiger partial charge is 0.152 e. The predicted molar refractivity (Wildman–Crippen MR) is 55.4 cm³/mol. The monoisotopic (exact) mass is 201 g/mol. The van der Waals surface area contributed by atoms with E-state index in [4.69, 9.17) is 5.26 Å². The van der Waals surface area contributed by atoms with Crippen LogP contribution in [-0.2, 0) is 4.79 Å². The fourth-order valence-electron chi connectivity index (χ4n) is 1.69. The summed E-state index contributed by atoms with van der Waals surface area (Å²) < 4.78 is 0. The minimum atomic E-state index is 0.241. The molecule has 1 saturated heterocycles. The molecule has 1 fully saturated rings. The van der Waals surface area contributed by atoms with Crippen LogP contribution >= 0.6 is 0 Å². The van der Waals surface area contributed by atoms with Gasteiger partial charge in [0.1, 0.15) is 5.82 Å². The van der Waals surface area contributed by atoms with E-state index in [-0.39, 0.29) is 5.78 Å². The Kier molecular flexibility index (Phi) is 2.64. The van der Waals surface area contributed by atoms with E-state index in [0.29, 0.717) is 18.5 Å². The summed E-state index contributed by atoms with van der Waals surface area (Å²) in [6.07, 6.45) is 3.14. The molecule has 2 rings (SSSR count). The maximum absolute atomic E-state index is 11.3. The second-order valence-electron chi connectivity index (χ2n) is 3.58. The van der Waals surface area contributed by atoms with Crippen LogP contribution in [0.3, 0.4) is 0 Å². The molecule has 0 amide bonds. The molecule has 1 aliphatic rings. The first kappa shape index (κ1) is 9.66. The van der Waals surface area contributed by atoms with Gasteiger partial charge in [-0.25, -0.2) is 4.98 Å². The number of anilines is 1. The number of nitriles is 1. The molecule has 0 spiro atoms. The van der Waals surface area contributed by atoms with Gasteiger partial charge in [-0.05, 0) is 18.6 Å². The maximum atomic E-state index is 11.3. The minimum absolute atomic E-state index is 0.241. The van der Waals surface area contributed by atoms with Crippen molar-refractivity contribution in [2.45, 2.75) is 12.8 Å². The fourth-order valence-corrected chi connectivity index (χ4v) is 1.69. The number of ketones is 1. The Morgan fingerprint density at radius 1 is 1.53 bits per heavy atom. The molecule has 0 aliphatic carbocycles. The third-order valence-corrected chi connectivity index (χ3v) is 2.45. The minimum Gasteiger partial charge on any atom is -0.349 e. The summed E-state index contributed by atoms with van der Waals surface area (Å²) in [5, 5.41) is 8.75.